The Labute approximate surface area is 213 Å². The predicted octanol–water partition coefficient (Wildman–Crippen LogP) is 5.05. The van der Waals surface area contributed by atoms with Crippen LogP contribution in [-0.4, -0.2) is 45.2 Å². The minimum Gasteiger partial charge on any atom is -0.441 e. The lowest BCUT2D eigenvalue weighted by molar-refractivity contribution is 0.0148. The van der Waals surface area contributed by atoms with E-state index in [0.29, 0.717) is 30.6 Å². The number of amides is 1. The van der Waals surface area contributed by atoms with E-state index in [1.54, 1.807) is 35.4 Å². The Kier molecular flexibility index (Phi) is 8.39. The van der Waals surface area contributed by atoms with Crippen molar-refractivity contribution in [1.82, 2.24) is 20.4 Å². The van der Waals surface area contributed by atoms with Crippen LogP contribution < -0.4 is 10.2 Å². The van der Waals surface area contributed by atoms with Gasteiger partial charge in [-0.1, -0.05) is 6.07 Å². The minimum atomic E-state index is -0.936. The first kappa shape index (κ1) is 26.5. The largest absolute Gasteiger partial charge is 0.441 e. The van der Waals surface area contributed by atoms with Gasteiger partial charge >= 0.3 is 6.09 Å². The Morgan fingerprint density at radius 3 is 2.51 bits per heavy atom. The van der Waals surface area contributed by atoms with E-state index in [4.69, 9.17) is 4.74 Å². The van der Waals surface area contributed by atoms with Gasteiger partial charge in [0.1, 0.15) is 11.4 Å². The van der Waals surface area contributed by atoms with Crippen LogP contribution in [0.4, 0.5) is 25.2 Å². The van der Waals surface area contributed by atoms with Gasteiger partial charge in [0.25, 0.3) is 0 Å². The summed E-state index contributed by atoms with van der Waals surface area (Å²) in [4.78, 5) is 13.9. The summed E-state index contributed by atoms with van der Waals surface area (Å²) in [5.41, 5.74) is -0.136. The number of hydrogen-bond donors (Lipinski definition) is 1. The van der Waals surface area contributed by atoms with E-state index in [1.165, 1.54) is 12.1 Å². The highest BCUT2D eigenvalue weighted by Crippen LogP contribution is 2.40. The quantitative estimate of drug-likeness (QED) is 0.498. The molecule has 3 aromatic rings. The van der Waals surface area contributed by atoms with Crippen LogP contribution in [0.1, 0.15) is 25.7 Å². The highest BCUT2D eigenvalue weighted by atomic mass is 35.5. The van der Waals surface area contributed by atoms with Crippen molar-refractivity contribution in [3.05, 3.63) is 60.3 Å². The van der Waals surface area contributed by atoms with Crippen molar-refractivity contribution >= 4 is 42.5 Å². The summed E-state index contributed by atoms with van der Waals surface area (Å²) in [6, 6.07) is 10.8. The Bertz CT molecular complexity index is 1150. The van der Waals surface area contributed by atoms with E-state index in [-0.39, 0.29) is 42.2 Å². The van der Waals surface area contributed by atoms with Crippen LogP contribution in [0.25, 0.3) is 11.3 Å². The summed E-state index contributed by atoms with van der Waals surface area (Å²) in [5, 5.41) is 19.2. The second-order valence-electron chi connectivity index (χ2n) is 8.45. The van der Waals surface area contributed by atoms with Gasteiger partial charge in [-0.2, -0.15) is 5.10 Å². The maximum absolute atomic E-state index is 14.0. The molecule has 1 aliphatic carbocycles. The first-order valence-corrected chi connectivity index (χ1v) is 10.8. The summed E-state index contributed by atoms with van der Waals surface area (Å²) in [5.74, 6) is -0.393. The van der Waals surface area contributed by atoms with E-state index < -0.39 is 17.2 Å². The number of hydrogen-bond acceptors (Lipinski definition) is 7. The average Bonchev–Trinajstić information content (AvgIpc) is 3.17. The normalized spacial score (nSPS) is 21.1. The zero-order valence-corrected chi connectivity index (χ0v) is 20.2. The van der Waals surface area contributed by atoms with E-state index >= 15 is 0 Å². The van der Waals surface area contributed by atoms with E-state index in [2.05, 4.69) is 25.7 Å². The molecular weight excluding hydrogens is 501 g/mol. The molecule has 1 saturated carbocycles. The van der Waals surface area contributed by atoms with Crippen molar-refractivity contribution in [2.24, 2.45) is 5.92 Å². The van der Waals surface area contributed by atoms with Gasteiger partial charge in [-0.3, -0.25) is 4.90 Å². The predicted molar refractivity (Wildman–Crippen MR) is 131 cm³/mol. The first-order chi connectivity index (χ1) is 16.0. The van der Waals surface area contributed by atoms with Crippen LogP contribution in [0.3, 0.4) is 0 Å². The molecule has 2 fully saturated rings. The second-order valence-corrected chi connectivity index (χ2v) is 8.45. The lowest BCUT2D eigenvalue weighted by Gasteiger charge is -2.35. The molecule has 1 aliphatic heterocycles. The summed E-state index contributed by atoms with van der Waals surface area (Å²) in [7, 11) is 0. The second kappa shape index (κ2) is 11.1. The standard InChI is InChI=1S/C23H22F2N6O2.2ClH/c24-17-4-1-3-16(21(17)25)18-6-7-19(29-28-18)26-13-15-8-10-23(11-9-15)14-31(22(32)33-23)20-5-2-12-27-30-20;;/h1-7,12,15H,8-11,13-14H2,(H,26,29);2*1H/t15-,23-;;. The number of carbonyl (C=O) groups is 1. The third-order valence-electron chi connectivity index (χ3n) is 6.29. The molecule has 0 atom stereocenters. The third-order valence-corrected chi connectivity index (χ3v) is 6.29. The van der Waals surface area contributed by atoms with Crippen molar-refractivity contribution in [1.29, 1.82) is 0 Å². The van der Waals surface area contributed by atoms with Crippen molar-refractivity contribution < 1.29 is 18.3 Å². The Balaban J connectivity index is 0.00000171. The van der Waals surface area contributed by atoms with Gasteiger partial charge in [-0.25, -0.2) is 13.6 Å². The third kappa shape index (κ3) is 5.59. The molecule has 1 N–H and O–H groups in total. The molecule has 3 heterocycles. The van der Waals surface area contributed by atoms with Crippen LogP contribution in [-0.2, 0) is 4.74 Å². The van der Waals surface area contributed by atoms with Gasteiger partial charge in [0.15, 0.2) is 17.5 Å². The fourth-order valence-corrected chi connectivity index (χ4v) is 4.43. The fourth-order valence-electron chi connectivity index (χ4n) is 4.43. The zero-order chi connectivity index (χ0) is 22.8. The molecule has 2 aromatic heterocycles. The molecule has 8 nitrogen and oxygen atoms in total. The number of rotatable bonds is 5. The molecule has 1 amide bonds. The highest BCUT2D eigenvalue weighted by molar-refractivity contribution is 5.89. The van der Waals surface area contributed by atoms with Crippen LogP contribution >= 0.6 is 24.8 Å². The SMILES string of the molecule is Cl.Cl.O=C1O[C@]2(CC[C@H](CNc3ccc(-c4cccc(F)c4F)nn3)CC2)CN1c1cccnn1. The van der Waals surface area contributed by atoms with Crippen molar-refractivity contribution in [2.45, 2.75) is 31.3 Å². The molecule has 186 valence electrons. The molecule has 0 unspecified atom stereocenters. The maximum atomic E-state index is 14.0. The summed E-state index contributed by atoms with van der Waals surface area (Å²) in [6.07, 6.45) is 4.52. The number of nitrogens with zero attached hydrogens (tertiary/aromatic N) is 5. The van der Waals surface area contributed by atoms with E-state index in [0.717, 1.165) is 31.7 Å². The first-order valence-electron chi connectivity index (χ1n) is 10.8. The maximum Gasteiger partial charge on any atom is 0.416 e. The monoisotopic (exact) mass is 524 g/mol. The highest BCUT2D eigenvalue weighted by Gasteiger charge is 2.48. The van der Waals surface area contributed by atoms with Crippen molar-refractivity contribution in [3.8, 4) is 11.3 Å². The molecule has 35 heavy (non-hydrogen) atoms. The topological polar surface area (TPSA) is 93.1 Å². The van der Waals surface area contributed by atoms with Crippen LogP contribution in [0, 0.1) is 17.6 Å². The van der Waals surface area contributed by atoms with Gasteiger partial charge in [0.2, 0.25) is 0 Å². The van der Waals surface area contributed by atoms with Crippen LogP contribution in [0.5, 0.6) is 0 Å². The van der Waals surface area contributed by atoms with Gasteiger partial charge < -0.3 is 10.1 Å². The van der Waals surface area contributed by atoms with Crippen LogP contribution in [0.15, 0.2) is 48.7 Å². The average molecular weight is 525 g/mol. The number of ether oxygens (including phenoxy) is 1. The Hall–Kier alpha value is -3.11. The van der Waals surface area contributed by atoms with Gasteiger partial charge in [-0.15, -0.1) is 40.1 Å². The van der Waals surface area contributed by atoms with Crippen LogP contribution in [0.2, 0.25) is 0 Å². The lowest BCUT2D eigenvalue weighted by atomic mass is 9.78. The fraction of sp³-hybridized carbons (Fsp3) is 0.348. The number of halogens is 4. The van der Waals surface area contributed by atoms with Crippen molar-refractivity contribution in [2.75, 3.05) is 23.3 Å². The molecule has 0 bridgehead atoms. The molecule has 2 aliphatic rings. The molecule has 0 radical (unpaired) electrons. The number of carbonyl (C=O) groups excluding carboxylic acids is 1. The number of aromatic nitrogens is 4. The Morgan fingerprint density at radius 1 is 1.03 bits per heavy atom. The molecule has 5 rings (SSSR count). The van der Waals surface area contributed by atoms with E-state index in [1.807, 2.05) is 0 Å². The van der Waals surface area contributed by atoms with Gasteiger partial charge in [0.05, 0.1) is 12.2 Å². The molecule has 12 heteroatoms. The summed E-state index contributed by atoms with van der Waals surface area (Å²) < 4.78 is 33.1. The molecule has 1 saturated heterocycles. The smallest absolute Gasteiger partial charge is 0.416 e. The summed E-state index contributed by atoms with van der Waals surface area (Å²) >= 11 is 0. The number of nitrogens with one attached hydrogen (secondary N) is 1. The van der Waals surface area contributed by atoms with Gasteiger partial charge in [0, 0.05) is 18.3 Å². The molecule has 1 spiro atoms. The van der Waals surface area contributed by atoms with E-state index in [9.17, 15) is 13.6 Å². The minimum absolute atomic E-state index is 0. The molecule has 1 aromatic carbocycles. The zero-order valence-electron chi connectivity index (χ0n) is 18.6. The number of anilines is 2. The van der Waals surface area contributed by atoms with Gasteiger partial charge in [-0.05, 0) is 68.0 Å². The number of benzene rings is 1. The Morgan fingerprint density at radius 2 is 1.83 bits per heavy atom. The summed E-state index contributed by atoms with van der Waals surface area (Å²) in [6.45, 7) is 1.18. The molecular formula is C23H24Cl2F2N6O2. The lowest BCUT2D eigenvalue weighted by Crippen LogP contribution is -2.39. The van der Waals surface area contributed by atoms with Crippen molar-refractivity contribution in [3.63, 3.8) is 0 Å².